The number of nitrogens with one attached hydrogen (secondary N) is 1. The van der Waals surface area contributed by atoms with Crippen LogP contribution in [0.4, 0.5) is 4.79 Å². The third-order valence-corrected chi connectivity index (χ3v) is 4.62. The highest BCUT2D eigenvalue weighted by Crippen LogP contribution is 2.18. The minimum Gasteiger partial charge on any atom is -0.275 e. The molecule has 0 radical (unpaired) electrons. The first-order chi connectivity index (χ1) is 7.91. The molecule has 3 amide bonds. The summed E-state index contributed by atoms with van der Waals surface area (Å²) in [4.78, 5) is 22.2. The molecular formula is C9H7IN2O4S. The maximum Gasteiger partial charge on any atom is 0.338 e. The molecule has 0 bridgehead atoms. The van der Waals surface area contributed by atoms with E-state index in [9.17, 15) is 18.0 Å². The summed E-state index contributed by atoms with van der Waals surface area (Å²) in [5.74, 6) is -0.621. The van der Waals surface area contributed by atoms with Crippen LogP contribution in [0.25, 0.3) is 0 Å². The molecule has 6 nitrogen and oxygen atoms in total. The number of halogens is 1. The van der Waals surface area contributed by atoms with E-state index in [1.165, 1.54) is 12.1 Å². The minimum atomic E-state index is -3.94. The molecule has 1 saturated heterocycles. The topological polar surface area (TPSA) is 83.6 Å². The van der Waals surface area contributed by atoms with Gasteiger partial charge in [0.05, 0.1) is 4.90 Å². The lowest BCUT2D eigenvalue weighted by Crippen LogP contribution is -2.34. The second kappa shape index (κ2) is 4.26. The van der Waals surface area contributed by atoms with Crippen LogP contribution in [0.15, 0.2) is 29.2 Å². The lowest BCUT2D eigenvalue weighted by molar-refractivity contribution is -0.118. The van der Waals surface area contributed by atoms with Gasteiger partial charge >= 0.3 is 6.03 Å². The molecule has 0 spiro atoms. The van der Waals surface area contributed by atoms with Gasteiger partial charge in [-0.2, -0.15) is 0 Å². The first-order valence-electron chi connectivity index (χ1n) is 4.53. The van der Waals surface area contributed by atoms with Gasteiger partial charge in [0.25, 0.3) is 10.0 Å². The number of nitrogens with zero attached hydrogens (tertiary/aromatic N) is 1. The van der Waals surface area contributed by atoms with E-state index >= 15 is 0 Å². The summed E-state index contributed by atoms with van der Waals surface area (Å²) in [5, 5.41) is 1.92. The number of sulfonamides is 1. The normalized spacial score (nSPS) is 16.2. The number of urea groups is 1. The quantitative estimate of drug-likeness (QED) is 0.612. The Morgan fingerprint density at radius 1 is 1.18 bits per heavy atom. The number of amides is 3. The van der Waals surface area contributed by atoms with Crippen molar-refractivity contribution >= 4 is 44.6 Å². The van der Waals surface area contributed by atoms with E-state index in [1.54, 1.807) is 12.1 Å². The molecule has 8 heteroatoms. The van der Waals surface area contributed by atoms with Crippen LogP contribution >= 0.6 is 22.6 Å². The molecule has 0 atom stereocenters. The molecule has 90 valence electrons. The number of rotatable bonds is 2. The molecule has 1 aromatic carbocycles. The number of hydrogen-bond acceptors (Lipinski definition) is 4. The van der Waals surface area contributed by atoms with Gasteiger partial charge in [-0.05, 0) is 46.9 Å². The number of benzene rings is 1. The van der Waals surface area contributed by atoms with E-state index < -0.39 is 28.5 Å². The third-order valence-electron chi connectivity index (χ3n) is 2.16. The summed E-state index contributed by atoms with van der Waals surface area (Å²) in [6.07, 6.45) is 0. The lowest BCUT2D eigenvalue weighted by atomic mass is 10.4. The third kappa shape index (κ3) is 2.27. The summed E-state index contributed by atoms with van der Waals surface area (Å²) in [6.45, 7) is -0.465. The first-order valence-corrected chi connectivity index (χ1v) is 7.05. The van der Waals surface area contributed by atoms with E-state index in [0.717, 1.165) is 3.57 Å². The Balaban J connectivity index is 2.40. The maximum atomic E-state index is 12.0. The molecule has 0 saturated carbocycles. The Morgan fingerprint density at radius 2 is 1.76 bits per heavy atom. The summed E-state index contributed by atoms with van der Waals surface area (Å²) in [6, 6.07) is 5.11. The van der Waals surface area contributed by atoms with Crippen molar-refractivity contribution in [1.29, 1.82) is 0 Å². The Hall–Kier alpha value is -1.16. The Morgan fingerprint density at radius 3 is 2.24 bits per heavy atom. The minimum absolute atomic E-state index is 0.0113. The van der Waals surface area contributed by atoms with Crippen LogP contribution in [0, 0.1) is 3.57 Å². The molecule has 1 aliphatic heterocycles. The number of carbonyl (C=O) groups excluding carboxylic acids is 2. The molecule has 0 unspecified atom stereocenters. The molecule has 0 aliphatic carbocycles. The molecule has 2 rings (SSSR count). The number of carbonyl (C=O) groups is 2. The van der Waals surface area contributed by atoms with E-state index in [-0.39, 0.29) is 4.90 Å². The number of imide groups is 1. The van der Waals surface area contributed by atoms with Crippen molar-refractivity contribution in [3.05, 3.63) is 27.8 Å². The fraction of sp³-hybridized carbons (Fsp3) is 0.111. The highest BCUT2D eigenvalue weighted by atomic mass is 127. The smallest absolute Gasteiger partial charge is 0.275 e. The van der Waals surface area contributed by atoms with Crippen molar-refractivity contribution < 1.29 is 18.0 Å². The van der Waals surface area contributed by atoms with E-state index in [1.807, 2.05) is 27.9 Å². The summed E-state index contributed by atoms with van der Waals surface area (Å²) >= 11 is 2.04. The van der Waals surface area contributed by atoms with Crippen molar-refractivity contribution in [2.45, 2.75) is 4.90 Å². The van der Waals surface area contributed by atoms with Crippen LogP contribution in [0.2, 0.25) is 0 Å². The van der Waals surface area contributed by atoms with Crippen LogP contribution in [0.3, 0.4) is 0 Å². The monoisotopic (exact) mass is 366 g/mol. The summed E-state index contributed by atoms with van der Waals surface area (Å²) in [7, 11) is -3.94. The highest BCUT2D eigenvalue weighted by molar-refractivity contribution is 14.1. The zero-order valence-corrected chi connectivity index (χ0v) is 11.4. The fourth-order valence-electron chi connectivity index (χ4n) is 1.35. The van der Waals surface area contributed by atoms with Gasteiger partial charge in [-0.1, -0.05) is 0 Å². The van der Waals surface area contributed by atoms with Crippen molar-refractivity contribution in [3.8, 4) is 0 Å². The van der Waals surface area contributed by atoms with Crippen LogP contribution in [-0.4, -0.2) is 31.2 Å². The predicted molar refractivity (Wildman–Crippen MR) is 66.6 cm³/mol. The maximum absolute atomic E-state index is 12.0. The predicted octanol–water partition coefficient (Wildman–Crippen LogP) is 0.532. The molecule has 1 N–H and O–H groups in total. The Labute approximate surface area is 111 Å². The van der Waals surface area contributed by atoms with Gasteiger partial charge in [-0.25, -0.2) is 17.5 Å². The van der Waals surface area contributed by atoms with Gasteiger partial charge in [0.15, 0.2) is 0 Å². The van der Waals surface area contributed by atoms with Gasteiger partial charge in [0.1, 0.15) is 6.54 Å². The number of hydrogen-bond donors (Lipinski definition) is 1. The second-order valence-electron chi connectivity index (χ2n) is 3.32. The molecule has 1 aromatic rings. The summed E-state index contributed by atoms with van der Waals surface area (Å²) in [5.41, 5.74) is 0. The molecule has 1 heterocycles. The van der Waals surface area contributed by atoms with Crippen molar-refractivity contribution in [1.82, 2.24) is 9.62 Å². The van der Waals surface area contributed by atoms with E-state index in [0.29, 0.717) is 4.31 Å². The summed E-state index contributed by atoms with van der Waals surface area (Å²) < 4.78 is 25.4. The first kappa shape index (κ1) is 12.3. The van der Waals surface area contributed by atoms with Crippen LogP contribution < -0.4 is 5.32 Å². The van der Waals surface area contributed by atoms with Gasteiger partial charge in [0, 0.05) is 3.57 Å². The average Bonchev–Trinajstić information content (AvgIpc) is 2.59. The molecule has 1 aliphatic rings. The second-order valence-corrected chi connectivity index (χ2v) is 6.43. The van der Waals surface area contributed by atoms with Crippen molar-refractivity contribution in [3.63, 3.8) is 0 Å². The van der Waals surface area contributed by atoms with E-state index in [2.05, 4.69) is 0 Å². The SMILES string of the molecule is O=C1CN(S(=O)(=O)c2ccc(I)cc2)C(=O)N1. The van der Waals surface area contributed by atoms with E-state index in [4.69, 9.17) is 0 Å². The van der Waals surface area contributed by atoms with Gasteiger partial charge in [-0.15, -0.1) is 0 Å². The van der Waals surface area contributed by atoms with Gasteiger partial charge in [0.2, 0.25) is 5.91 Å². The molecular weight excluding hydrogens is 359 g/mol. The zero-order chi connectivity index (χ0) is 12.6. The lowest BCUT2D eigenvalue weighted by Gasteiger charge is -2.13. The fourth-order valence-corrected chi connectivity index (χ4v) is 3.00. The Bertz CT molecular complexity index is 582. The molecule has 0 aromatic heterocycles. The van der Waals surface area contributed by atoms with Crippen LogP contribution in [-0.2, 0) is 14.8 Å². The molecule has 17 heavy (non-hydrogen) atoms. The average molecular weight is 366 g/mol. The highest BCUT2D eigenvalue weighted by Gasteiger charge is 2.37. The van der Waals surface area contributed by atoms with Crippen molar-refractivity contribution in [2.24, 2.45) is 0 Å². The largest absolute Gasteiger partial charge is 0.338 e. The van der Waals surface area contributed by atoms with Gasteiger partial charge < -0.3 is 0 Å². The van der Waals surface area contributed by atoms with Gasteiger partial charge in [-0.3, -0.25) is 10.1 Å². The van der Waals surface area contributed by atoms with Crippen LogP contribution in [0.5, 0.6) is 0 Å². The zero-order valence-electron chi connectivity index (χ0n) is 8.38. The molecule has 1 fully saturated rings. The standard InChI is InChI=1S/C9H7IN2O4S/c10-6-1-3-7(4-2-6)17(15,16)12-5-8(13)11-9(12)14/h1-4H,5H2,(H,11,13,14). The van der Waals surface area contributed by atoms with Crippen LogP contribution in [0.1, 0.15) is 0 Å². The van der Waals surface area contributed by atoms with Crippen molar-refractivity contribution in [2.75, 3.05) is 6.54 Å². The Kier molecular flexibility index (Phi) is 3.08.